The molecular weight excluding hydrogens is 571 g/mol. The fourth-order valence-electron chi connectivity index (χ4n) is 5.89. The number of carbonyl (C=O) groups is 2. The first kappa shape index (κ1) is 26.7. The van der Waals surface area contributed by atoms with Crippen LogP contribution in [0.2, 0.25) is 0 Å². The molecule has 4 aromatic carbocycles. The van der Waals surface area contributed by atoms with E-state index in [1.54, 1.807) is 18.2 Å². The Balaban J connectivity index is 1.09. The van der Waals surface area contributed by atoms with E-state index in [2.05, 4.69) is 10.1 Å². The maximum atomic E-state index is 14.0. The predicted molar refractivity (Wildman–Crippen MR) is 145 cm³/mol. The number of fused-ring (bicyclic) bond motifs is 6. The lowest BCUT2D eigenvalue weighted by molar-refractivity contribution is -0.135. The summed E-state index contributed by atoms with van der Waals surface area (Å²) >= 11 is 0. The Kier molecular flexibility index (Phi) is 6.19. The summed E-state index contributed by atoms with van der Waals surface area (Å²) in [5.74, 6) is -14.3. The number of nitrogens with zero attached hydrogens (tertiary/aromatic N) is 1. The lowest BCUT2D eigenvalue weighted by Gasteiger charge is -2.14. The Bertz CT molecular complexity index is 1910. The van der Waals surface area contributed by atoms with Crippen molar-refractivity contribution in [1.82, 2.24) is 4.57 Å². The third-order valence-corrected chi connectivity index (χ3v) is 7.91. The molecular formula is C32H19F5N2O4. The molecule has 0 amide bonds. The SMILES string of the molecule is O=C(Oc1c(F)c(F)c(F)c(F)c1F)C1Cc2c(ccc3c2ccn3C(=O)OCC2c3ccccc3-c3ccccc32)N1. The van der Waals surface area contributed by atoms with Crippen molar-refractivity contribution in [2.75, 3.05) is 11.9 Å². The van der Waals surface area contributed by atoms with Crippen LogP contribution in [-0.4, -0.2) is 29.3 Å². The topological polar surface area (TPSA) is 69.6 Å². The Morgan fingerprint density at radius 2 is 1.40 bits per heavy atom. The minimum absolute atomic E-state index is 0.0321. The molecule has 1 atom stereocenters. The fourth-order valence-corrected chi connectivity index (χ4v) is 5.89. The average Bonchev–Trinajstić information content (AvgIpc) is 3.74. The Labute approximate surface area is 240 Å². The summed E-state index contributed by atoms with van der Waals surface area (Å²) in [5, 5.41) is 3.44. The normalized spacial score (nSPS) is 15.1. The number of aromatic nitrogens is 1. The van der Waals surface area contributed by atoms with Gasteiger partial charge in [0.25, 0.3) is 0 Å². The fraction of sp³-hybridized carbons (Fsp3) is 0.125. The van der Waals surface area contributed by atoms with Gasteiger partial charge in [-0.1, -0.05) is 48.5 Å². The number of rotatable bonds is 4. The van der Waals surface area contributed by atoms with Crippen molar-refractivity contribution in [3.63, 3.8) is 0 Å². The maximum Gasteiger partial charge on any atom is 0.418 e. The van der Waals surface area contributed by atoms with Crippen LogP contribution in [0, 0.1) is 29.1 Å². The van der Waals surface area contributed by atoms with Crippen LogP contribution in [0.5, 0.6) is 5.75 Å². The summed E-state index contributed by atoms with van der Waals surface area (Å²) in [7, 11) is 0. The van der Waals surface area contributed by atoms with Crippen LogP contribution in [0.4, 0.5) is 32.4 Å². The molecule has 2 aliphatic rings. The van der Waals surface area contributed by atoms with Crippen molar-refractivity contribution in [3.8, 4) is 16.9 Å². The van der Waals surface area contributed by atoms with Gasteiger partial charge in [0.05, 0.1) is 5.52 Å². The summed E-state index contributed by atoms with van der Waals surface area (Å²) in [6, 6.07) is 19.6. The molecule has 0 saturated carbocycles. The summed E-state index contributed by atoms with van der Waals surface area (Å²) in [5.41, 5.74) is 5.91. The quantitative estimate of drug-likeness (QED) is 0.0797. The van der Waals surface area contributed by atoms with Crippen molar-refractivity contribution in [1.29, 1.82) is 0 Å². The lowest BCUT2D eigenvalue weighted by atomic mass is 9.98. The molecule has 216 valence electrons. The number of nitrogens with one attached hydrogen (secondary N) is 1. The van der Waals surface area contributed by atoms with Crippen molar-refractivity contribution in [3.05, 3.63) is 119 Å². The van der Waals surface area contributed by atoms with Crippen LogP contribution in [0.25, 0.3) is 22.0 Å². The number of benzene rings is 4. The Hall–Kier alpha value is -5.19. The molecule has 7 rings (SSSR count). The van der Waals surface area contributed by atoms with Crippen LogP contribution in [0.15, 0.2) is 72.9 Å². The molecule has 1 unspecified atom stereocenters. The van der Waals surface area contributed by atoms with Crippen molar-refractivity contribution in [2.45, 2.75) is 18.4 Å². The third kappa shape index (κ3) is 4.14. The molecule has 0 saturated heterocycles. The van der Waals surface area contributed by atoms with Gasteiger partial charge in [-0.2, -0.15) is 8.78 Å². The standard InChI is InChI=1S/C32H19F5N2O4/c33-25-26(34)28(36)30(29(37)27(25)35)43-31(40)23-13-20-19-11-12-39(24(19)10-9-22(20)38-23)32(41)42-14-21-17-7-3-1-5-15(17)16-6-2-4-8-18(16)21/h1-12,21,23,38H,13-14H2. The van der Waals surface area contributed by atoms with E-state index in [0.717, 1.165) is 22.3 Å². The van der Waals surface area contributed by atoms with Gasteiger partial charge in [-0.15, -0.1) is 0 Å². The summed E-state index contributed by atoms with van der Waals surface area (Å²) in [4.78, 5) is 25.9. The number of ether oxygens (including phenoxy) is 2. The molecule has 0 bridgehead atoms. The smallest absolute Gasteiger partial charge is 0.418 e. The number of hydrogen-bond acceptors (Lipinski definition) is 5. The zero-order valence-corrected chi connectivity index (χ0v) is 22.0. The summed E-state index contributed by atoms with van der Waals surface area (Å²) in [6.07, 6.45) is 0.893. The van der Waals surface area contributed by atoms with E-state index in [4.69, 9.17) is 4.74 Å². The third-order valence-electron chi connectivity index (χ3n) is 7.91. The van der Waals surface area contributed by atoms with Crippen molar-refractivity contribution in [2.24, 2.45) is 0 Å². The number of anilines is 1. The number of halogens is 5. The first-order valence-electron chi connectivity index (χ1n) is 13.2. The first-order chi connectivity index (χ1) is 20.7. The molecule has 0 spiro atoms. The van der Waals surface area contributed by atoms with Gasteiger partial charge in [-0.25, -0.2) is 22.8 Å². The second-order valence-electron chi connectivity index (χ2n) is 10.2. The summed E-state index contributed by atoms with van der Waals surface area (Å²) in [6.45, 7) is 0.116. The Morgan fingerprint density at radius 3 is 2.05 bits per heavy atom. The van der Waals surface area contributed by atoms with Crippen LogP contribution < -0.4 is 10.1 Å². The molecule has 0 radical (unpaired) electrons. The van der Waals surface area contributed by atoms with Gasteiger partial charge in [0.15, 0.2) is 0 Å². The molecule has 11 heteroatoms. The number of esters is 1. The second-order valence-corrected chi connectivity index (χ2v) is 10.2. The summed E-state index contributed by atoms with van der Waals surface area (Å²) < 4.78 is 80.3. The van der Waals surface area contributed by atoms with Gasteiger partial charge in [-0.3, -0.25) is 4.57 Å². The second kappa shape index (κ2) is 9.97. The molecule has 6 nitrogen and oxygen atoms in total. The van der Waals surface area contributed by atoms with Gasteiger partial charge >= 0.3 is 12.1 Å². The minimum atomic E-state index is -2.36. The highest BCUT2D eigenvalue weighted by Gasteiger charge is 2.35. The average molecular weight is 591 g/mol. The van der Waals surface area contributed by atoms with Crippen molar-refractivity contribution < 1.29 is 41.0 Å². The molecule has 43 heavy (non-hydrogen) atoms. The van der Waals surface area contributed by atoms with E-state index in [1.807, 2.05) is 48.5 Å². The van der Waals surface area contributed by atoms with Gasteiger partial charge < -0.3 is 14.8 Å². The molecule has 1 aromatic heterocycles. The van der Waals surface area contributed by atoms with Crippen LogP contribution in [0.1, 0.15) is 22.6 Å². The minimum Gasteiger partial charge on any atom is -0.448 e. The van der Waals surface area contributed by atoms with Crippen LogP contribution >= 0.6 is 0 Å². The van der Waals surface area contributed by atoms with Gasteiger partial charge in [-0.05, 0) is 46.0 Å². The van der Waals surface area contributed by atoms with Gasteiger partial charge in [0, 0.05) is 29.6 Å². The maximum absolute atomic E-state index is 14.0. The molecule has 2 heterocycles. The molecule has 0 fully saturated rings. The zero-order chi connectivity index (χ0) is 30.0. The largest absolute Gasteiger partial charge is 0.448 e. The van der Waals surface area contributed by atoms with Crippen LogP contribution in [0.3, 0.4) is 0 Å². The highest BCUT2D eigenvalue weighted by atomic mass is 19.2. The highest BCUT2D eigenvalue weighted by Crippen LogP contribution is 2.44. The van der Waals surface area contributed by atoms with E-state index in [-0.39, 0.29) is 18.9 Å². The van der Waals surface area contributed by atoms with Gasteiger partial charge in [0.1, 0.15) is 12.6 Å². The lowest BCUT2D eigenvalue weighted by Crippen LogP contribution is -2.32. The van der Waals surface area contributed by atoms with E-state index in [9.17, 15) is 31.5 Å². The highest BCUT2D eigenvalue weighted by molar-refractivity contribution is 5.97. The van der Waals surface area contributed by atoms with E-state index >= 15 is 0 Å². The van der Waals surface area contributed by atoms with Gasteiger partial charge in [0.2, 0.25) is 34.8 Å². The predicted octanol–water partition coefficient (Wildman–Crippen LogP) is 7.08. The molecule has 1 aliphatic carbocycles. The monoisotopic (exact) mass is 590 g/mol. The van der Waals surface area contributed by atoms with Crippen LogP contribution in [-0.2, 0) is 16.0 Å². The number of carbonyl (C=O) groups excluding carboxylic acids is 2. The Morgan fingerprint density at radius 1 is 0.791 bits per heavy atom. The van der Waals surface area contributed by atoms with E-state index < -0.39 is 52.9 Å². The van der Waals surface area contributed by atoms with E-state index in [1.165, 1.54) is 10.8 Å². The van der Waals surface area contributed by atoms with Crippen molar-refractivity contribution >= 4 is 28.7 Å². The number of hydrogen-bond donors (Lipinski definition) is 1. The first-order valence-corrected chi connectivity index (χ1v) is 13.2. The molecule has 1 aliphatic heterocycles. The molecule has 5 aromatic rings. The van der Waals surface area contributed by atoms with E-state index in [0.29, 0.717) is 22.2 Å². The molecule has 1 N–H and O–H groups in total. The zero-order valence-electron chi connectivity index (χ0n) is 22.0.